The van der Waals surface area contributed by atoms with Gasteiger partial charge in [-0.2, -0.15) is 0 Å². The zero-order chi connectivity index (χ0) is 14.1. The quantitative estimate of drug-likeness (QED) is 0.424. The minimum atomic E-state index is 0. The fourth-order valence-electron chi connectivity index (χ4n) is 1.75. The standard InChI is InChI=1S/C14H26N4O.HI/c1-5-9-16-14(15-6-2)17-11-12(18(3)4)13-8-7-10-19-13;/h7-8,10,12H,5-6,9,11H2,1-4H3,(H2,15,16,17);1H. The van der Waals surface area contributed by atoms with E-state index < -0.39 is 0 Å². The lowest BCUT2D eigenvalue weighted by Gasteiger charge is -2.21. The van der Waals surface area contributed by atoms with Gasteiger partial charge in [0.05, 0.1) is 18.8 Å². The van der Waals surface area contributed by atoms with Crippen LogP contribution in [0, 0.1) is 0 Å². The van der Waals surface area contributed by atoms with Gasteiger partial charge in [-0.1, -0.05) is 6.92 Å². The van der Waals surface area contributed by atoms with Crippen molar-refractivity contribution in [3.63, 3.8) is 0 Å². The Bertz CT molecular complexity index is 365. The normalized spacial score (nSPS) is 12.9. The van der Waals surface area contributed by atoms with Gasteiger partial charge in [-0.15, -0.1) is 24.0 Å². The Kier molecular flexibility index (Phi) is 10.5. The molecule has 0 saturated heterocycles. The molecule has 20 heavy (non-hydrogen) atoms. The van der Waals surface area contributed by atoms with Gasteiger partial charge in [0.1, 0.15) is 5.76 Å². The molecule has 0 aromatic carbocycles. The Labute approximate surface area is 139 Å². The van der Waals surface area contributed by atoms with Crippen LogP contribution in [-0.4, -0.2) is 44.6 Å². The lowest BCUT2D eigenvalue weighted by Crippen LogP contribution is -2.38. The molecule has 0 saturated carbocycles. The molecule has 0 aliphatic rings. The summed E-state index contributed by atoms with van der Waals surface area (Å²) in [6, 6.07) is 4.06. The van der Waals surface area contributed by atoms with Crippen LogP contribution in [0.25, 0.3) is 0 Å². The molecule has 6 heteroatoms. The van der Waals surface area contributed by atoms with E-state index >= 15 is 0 Å². The average Bonchev–Trinajstić information content (AvgIpc) is 2.89. The third kappa shape index (κ3) is 6.60. The van der Waals surface area contributed by atoms with E-state index in [2.05, 4.69) is 34.4 Å². The minimum absolute atomic E-state index is 0. The maximum absolute atomic E-state index is 5.48. The summed E-state index contributed by atoms with van der Waals surface area (Å²) in [6.45, 7) is 6.67. The van der Waals surface area contributed by atoms with Crippen molar-refractivity contribution in [1.82, 2.24) is 15.5 Å². The van der Waals surface area contributed by atoms with Gasteiger partial charge in [-0.25, -0.2) is 0 Å². The number of nitrogens with zero attached hydrogens (tertiary/aromatic N) is 2. The summed E-state index contributed by atoms with van der Waals surface area (Å²) < 4.78 is 5.48. The monoisotopic (exact) mass is 394 g/mol. The van der Waals surface area contributed by atoms with Gasteiger partial charge in [-0.05, 0) is 39.6 Å². The van der Waals surface area contributed by atoms with Crippen LogP contribution in [-0.2, 0) is 0 Å². The topological polar surface area (TPSA) is 52.8 Å². The fourth-order valence-corrected chi connectivity index (χ4v) is 1.75. The molecule has 1 rings (SSSR count). The summed E-state index contributed by atoms with van der Waals surface area (Å²) in [6.07, 6.45) is 2.79. The van der Waals surface area contributed by atoms with Crippen molar-refractivity contribution in [2.24, 2.45) is 4.99 Å². The van der Waals surface area contributed by atoms with Crippen molar-refractivity contribution in [3.05, 3.63) is 24.2 Å². The van der Waals surface area contributed by atoms with Crippen molar-refractivity contribution in [3.8, 4) is 0 Å². The molecule has 0 fully saturated rings. The summed E-state index contributed by atoms with van der Waals surface area (Å²) in [4.78, 5) is 6.74. The van der Waals surface area contributed by atoms with Crippen molar-refractivity contribution >= 4 is 29.9 Å². The minimum Gasteiger partial charge on any atom is -0.468 e. The SMILES string of the molecule is CCCNC(=NCC(c1ccco1)N(C)C)NCC.I. The predicted molar refractivity (Wildman–Crippen MR) is 94.8 cm³/mol. The number of hydrogen-bond donors (Lipinski definition) is 2. The van der Waals surface area contributed by atoms with Gasteiger partial charge in [0.15, 0.2) is 5.96 Å². The Morgan fingerprint density at radius 3 is 2.60 bits per heavy atom. The zero-order valence-corrected chi connectivity index (χ0v) is 15.2. The van der Waals surface area contributed by atoms with Crippen LogP contribution < -0.4 is 10.6 Å². The summed E-state index contributed by atoms with van der Waals surface area (Å²) in [5.41, 5.74) is 0. The number of furan rings is 1. The first kappa shape index (κ1) is 19.2. The molecule has 0 bridgehead atoms. The highest BCUT2D eigenvalue weighted by atomic mass is 127. The molecule has 1 aromatic heterocycles. The molecule has 0 spiro atoms. The molecule has 5 nitrogen and oxygen atoms in total. The van der Waals surface area contributed by atoms with Crippen LogP contribution in [0.3, 0.4) is 0 Å². The molecule has 0 radical (unpaired) electrons. The van der Waals surface area contributed by atoms with E-state index in [1.54, 1.807) is 6.26 Å². The van der Waals surface area contributed by atoms with Gasteiger partial charge in [-0.3, -0.25) is 9.89 Å². The van der Waals surface area contributed by atoms with Crippen molar-refractivity contribution in [2.45, 2.75) is 26.3 Å². The second kappa shape index (κ2) is 11.0. The summed E-state index contributed by atoms with van der Waals surface area (Å²) >= 11 is 0. The Hall–Kier alpha value is -0.760. The van der Waals surface area contributed by atoms with Crippen LogP contribution in [0.2, 0.25) is 0 Å². The van der Waals surface area contributed by atoms with Gasteiger partial charge in [0.2, 0.25) is 0 Å². The highest BCUT2D eigenvalue weighted by molar-refractivity contribution is 14.0. The average molecular weight is 394 g/mol. The molecule has 1 unspecified atom stereocenters. The first-order valence-electron chi connectivity index (χ1n) is 6.91. The molecule has 1 heterocycles. The van der Waals surface area contributed by atoms with Gasteiger partial charge in [0, 0.05) is 13.1 Å². The van der Waals surface area contributed by atoms with Crippen molar-refractivity contribution in [2.75, 3.05) is 33.7 Å². The number of rotatable bonds is 7. The van der Waals surface area contributed by atoms with E-state index in [1.807, 2.05) is 26.2 Å². The fraction of sp³-hybridized carbons (Fsp3) is 0.643. The van der Waals surface area contributed by atoms with E-state index in [-0.39, 0.29) is 30.0 Å². The summed E-state index contributed by atoms with van der Waals surface area (Å²) in [5.74, 6) is 1.81. The first-order valence-corrected chi connectivity index (χ1v) is 6.91. The van der Waals surface area contributed by atoms with E-state index in [0.29, 0.717) is 6.54 Å². The van der Waals surface area contributed by atoms with Crippen LogP contribution >= 0.6 is 24.0 Å². The number of nitrogens with one attached hydrogen (secondary N) is 2. The molecular formula is C14H27IN4O. The van der Waals surface area contributed by atoms with Crippen molar-refractivity contribution < 1.29 is 4.42 Å². The summed E-state index contributed by atoms with van der Waals surface area (Å²) in [5, 5.41) is 6.55. The Morgan fingerprint density at radius 1 is 1.35 bits per heavy atom. The van der Waals surface area contributed by atoms with Crippen LogP contribution in [0.15, 0.2) is 27.8 Å². The maximum atomic E-state index is 5.48. The first-order chi connectivity index (χ1) is 9.19. The van der Waals surface area contributed by atoms with Crippen molar-refractivity contribution in [1.29, 1.82) is 0 Å². The number of hydrogen-bond acceptors (Lipinski definition) is 3. The molecule has 116 valence electrons. The molecule has 0 aliphatic heterocycles. The van der Waals surface area contributed by atoms with Gasteiger partial charge >= 0.3 is 0 Å². The van der Waals surface area contributed by atoms with Gasteiger partial charge in [0.25, 0.3) is 0 Å². The third-order valence-corrected chi connectivity index (χ3v) is 2.80. The number of halogens is 1. The Balaban J connectivity index is 0.00000361. The molecule has 1 atom stereocenters. The van der Waals surface area contributed by atoms with Crippen LogP contribution in [0.1, 0.15) is 32.1 Å². The smallest absolute Gasteiger partial charge is 0.191 e. The maximum Gasteiger partial charge on any atom is 0.191 e. The number of aliphatic imine (C=N–C) groups is 1. The van der Waals surface area contributed by atoms with Gasteiger partial charge < -0.3 is 15.1 Å². The summed E-state index contributed by atoms with van der Waals surface area (Å²) in [7, 11) is 4.07. The predicted octanol–water partition coefficient (Wildman–Crippen LogP) is 2.47. The second-order valence-electron chi connectivity index (χ2n) is 4.64. The number of likely N-dealkylation sites (N-methyl/N-ethyl adjacent to an activating group) is 1. The molecule has 0 aliphatic carbocycles. The lowest BCUT2D eigenvalue weighted by molar-refractivity contribution is 0.265. The zero-order valence-electron chi connectivity index (χ0n) is 12.8. The highest BCUT2D eigenvalue weighted by Crippen LogP contribution is 2.18. The molecule has 2 N–H and O–H groups in total. The molecule has 0 amide bonds. The number of guanidine groups is 1. The van der Waals surface area contributed by atoms with E-state index in [9.17, 15) is 0 Å². The van der Waals surface area contributed by atoms with E-state index in [0.717, 1.165) is 31.2 Å². The molecule has 1 aromatic rings. The van der Waals surface area contributed by atoms with Crippen LogP contribution in [0.4, 0.5) is 0 Å². The van der Waals surface area contributed by atoms with E-state index in [1.165, 1.54) is 0 Å². The van der Waals surface area contributed by atoms with Crippen LogP contribution in [0.5, 0.6) is 0 Å². The largest absolute Gasteiger partial charge is 0.468 e. The Morgan fingerprint density at radius 2 is 2.10 bits per heavy atom. The lowest BCUT2D eigenvalue weighted by atomic mass is 10.2. The molecular weight excluding hydrogens is 367 g/mol. The highest BCUT2D eigenvalue weighted by Gasteiger charge is 2.16. The third-order valence-electron chi connectivity index (χ3n) is 2.80. The van der Waals surface area contributed by atoms with E-state index in [4.69, 9.17) is 4.42 Å². The second-order valence-corrected chi connectivity index (χ2v) is 4.64.